The number of carbonyl (C=O) groups excluding carboxylic acids is 1. The molecule has 1 heterocycles. The molecule has 0 atom stereocenters. The van der Waals surface area contributed by atoms with Crippen LogP contribution in [0.15, 0.2) is 18.2 Å². The van der Waals surface area contributed by atoms with Crippen LogP contribution < -0.4 is 10.6 Å². The van der Waals surface area contributed by atoms with E-state index in [2.05, 4.69) is 20.6 Å². The Morgan fingerprint density at radius 2 is 1.96 bits per heavy atom. The number of aromatic nitrogens is 2. The highest BCUT2D eigenvalue weighted by molar-refractivity contribution is 6.03. The van der Waals surface area contributed by atoms with Gasteiger partial charge in [0.25, 0.3) is 5.91 Å². The van der Waals surface area contributed by atoms with E-state index in [1.54, 1.807) is 14.0 Å². The Bertz CT molecular complexity index is 771. The molecule has 2 rings (SSSR count). The van der Waals surface area contributed by atoms with Gasteiger partial charge in [0.05, 0.1) is 5.69 Å². The summed E-state index contributed by atoms with van der Waals surface area (Å²) >= 11 is 0. The Morgan fingerprint density at radius 1 is 1.20 bits per heavy atom. The molecule has 0 saturated carbocycles. The standard InChI is InChI=1S/C16H17F3N4O2/c1-9-8-12(23-16(21-9)20-6-3-7-25-2)15(24)22-11-5-4-10(17)13(18)14(11)19/h4-5,8H,3,6-7H2,1-2H3,(H,22,24)(H,20,21,23). The second-order valence-electron chi connectivity index (χ2n) is 5.17. The van der Waals surface area contributed by atoms with Gasteiger partial charge in [-0.1, -0.05) is 0 Å². The number of nitrogens with one attached hydrogen (secondary N) is 2. The quantitative estimate of drug-likeness (QED) is 0.591. The van der Waals surface area contributed by atoms with E-state index in [9.17, 15) is 18.0 Å². The molecule has 0 aliphatic rings. The van der Waals surface area contributed by atoms with Gasteiger partial charge in [-0.2, -0.15) is 0 Å². The summed E-state index contributed by atoms with van der Waals surface area (Å²) < 4.78 is 44.7. The Hall–Kier alpha value is -2.68. The topological polar surface area (TPSA) is 76.1 Å². The number of methoxy groups -OCH3 is 1. The minimum Gasteiger partial charge on any atom is -0.385 e. The molecule has 0 spiro atoms. The summed E-state index contributed by atoms with van der Waals surface area (Å²) in [6.07, 6.45) is 0.718. The van der Waals surface area contributed by atoms with Crippen molar-refractivity contribution in [2.24, 2.45) is 0 Å². The average molecular weight is 354 g/mol. The minimum absolute atomic E-state index is 0.0362. The number of benzene rings is 1. The lowest BCUT2D eigenvalue weighted by molar-refractivity contribution is 0.102. The summed E-state index contributed by atoms with van der Waals surface area (Å²) in [4.78, 5) is 20.4. The van der Waals surface area contributed by atoms with Crippen molar-refractivity contribution in [2.75, 3.05) is 30.9 Å². The van der Waals surface area contributed by atoms with Crippen LogP contribution in [-0.4, -0.2) is 36.1 Å². The zero-order valence-corrected chi connectivity index (χ0v) is 13.7. The van der Waals surface area contributed by atoms with Crippen molar-refractivity contribution in [1.29, 1.82) is 0 Å². The fourth-order valence-corrected chi connectivity index (χ4v) is 1.99. The zero-order chi connectivity index (χ0) is 18.4. The molecule has 0 fully saturated rings. The first kappa shape index (κ1) is 18.7. The maximum absolute atomic E-state index is 13.6. The average Bonchev–Trinajstić information content (AvgIpc) is 2.58. The molecule has 1 aromatic heterocycles. The molecule has 2 N–H and O–H groups in total. The molecule has 0 aliphatic heterocycles. The van der Waals surface area contributed by atoms with Gasteiger partial charge in [0.2, 0.25) is 5.95 Å². The third-order valence-corrected chi connectivity index (χ3v) is 3.18. The van der Waals surface area contributed by atoms with Crippen molar-refractivity contribution in [1.82, 2.24) is 9.97 Å². The molecule has 25 heavy (non-hydrogen) atoms. The predicted octanol–water partition coefficient (Wildman–Crippen LogP) is 2.90. The molecule has 0 unspecified atom stereocenters. The van der Waals surface area contributed by atoms with Crippen LogP contribution in [0.5, 0.6) is 0 Å². The number of hydrogen-bond acceptors (Lipinski definition) is 5. The molecule has 1 amide bonds. The number of ether oxygens (including phenoxy) is 1. The van der Waals surface area contributed by atoms with Crippen LogP contribution >= 0.6 is 0 Å². The van der Waals surface area contributed by atoms with Crippen LogP contribution in [0.25, 0.3) is 0 Å². The number of hydrogen-bond donors (Lipinski definition) is 2. The molecule has 0 bridgehead atoms. The first-order valence-corrected chi connectivity index (χ1v) is 7.45. The Labute approximate surface area is 142 Å². The maximum Gasteiger partial charge on any atom is 0.274 e. The van der Waals surface area contributed by atoms with E-state index in [0.717, 1.165) is 18.6 Å². The number of halogens is 3. The van der Waals surface area contributed by atoms with E-state index in [4.69, 9.17) is 4.74 Å². The number of aryl methyl sites for hydroxylation is 1. The Kier molecular flexibility index (Phi) is 6.29. The lowest BCUT2D eigenvalue weighted by atomic mass is 10.2. The van der Waals surface area contributed by atoms with E-state index >= 15 is 0 Å². The second kappa shape index (κ2) is 8.43. The maximum atomic E-state index is 13.6. The second-order valence-corrected chi connectivity index (χ2v) is 5.17. The molecular weight excluding hydrogens is 337 g/mol. The lowest BCUT2D eigenvalue weighted by Gasteiger charge is -2.09. The summed E-state index contributed by atoms with van der Waals surface area (Å²) in [5.74, 6) is -5.01. The van der Waals surface area contributed by atoms with Crippen LogP contribution in [0.3, 0.4) is 0 Å². The van der Waals surface area contributed by atoms with Gasteiger partial charge in [-0.05, 0) is 31.5 Å². The van der Waals surface area contributed by atoms with Crippen molar-refractivity contribution in [3.8, 4) is 0 Å². The molecule has 2 aromatic rings. The number of carbonyl (C=O) groups is 1. The highest BCUT2D eigenvalue weighted by atomic mass is 19.2. The highest BCUT2D eigenvalue weighted by Gasteiger charge is 2.17. The van der Waals surface area contributed by atoms with E-state index < -0.39 is 29.0 Å². The van der Waals surface area contributed by atoms with Gasteiger partial charge in [0.1, 0.15) is 5.69 Å². The normalized spacial score (nSPS) is 10.6. The van der Waals surface area contributed by atoms with Crippen LogP contribution in [0.2, 0.25) is 0 Å². The van der Waals surface area contributed by atoms with Gasteiger partial charge in [0, 0.05) is 26.0 Å². The van der Waals surface area contributed by atoms with Crippen molar-refractivity contribution >= 4 is 17.5 Å². The number of rotatable bonds is 7. The van der Waals surface area contributed by atoms with Gasteiger partial charge >= 0.3 is 0 Å². The van der Waals surface area contributed by atoms with E-state index in [1.165, 1.54) is 6.07 Å². The van der Waals surface area contributed by atoms with E-state index in [-0.39, 0.29) is 11.6 Å². The van der Waals surface area contributed by atoms with Gasteiger partial charge in [0.15, 0.2) is 17.5 Å². The molecule has 1 aromatic carbocycles. The third kappa shape index (κ3) is 4.90. The number of nitrogens with zero attached hydrogens (tertiary/aromatic N) is 2. The molecule has 0 aliphatic carbocycles. The summed E-state index contributed by atoms with van der Waals surface area (Å²) in [7, 11) is 1.59. The Morgan fingerprint density at radius 3 is 2.68 bits per heavy atom. The molecule has 0 saturated heterocycles. The van der Waals surface area contributed by atoms with Crippen LogP contribution in [0.1, 0.15) is 22.6 Å². The van der Waals surface area contributed by atoms with Crippen LogP contribution in [0, 0.1) is 24.4 Å². The van der Waals surface area contributed by atoms with Gasteiger partial charge < -0.3 is 15.4 Å². The number of anilines is 2. The lowest BCUT2D eigenvalue weighted by Crippen LogP contribution is -2.18. The van der Waals surface area contributed by atoms with Gasteiger partial charge in [-0.3, -0.25) is 4.79 Å². The molecule has 134 valence electrons. The summed E-state index contributed by atoms with van der Waals surface area (Å²) in [5.41, 5.74) is 0.000735. The monoisotopic (exact) mass is 354 g/mol. The summed E-state index contributed by atoms with van der Waals surface area (Å²) in [5, 5.41) is 5.11. The first-order valence-electron chi connectivity index (χ1n) is 7.45. The largest absolute Gasteiger partial charge is 0.385 e. The predicted molar refractivity (Wildman–Crippen MR) is 86.0 cm³/mol. The SMILES string of the molecule is COCCCNc1nc(C)cc(C(=O)Nc2ccc(F)c(F)c2F)n1. The minimum atomic E-state index is -1.66. The van der Waals surface area contributed by atoms with Crippen molar-refractivity contribution < 1.29 is 22.7 Å². The summed E-state index contributed by atoms with van der Waals surface area (Å²) in [6, 6.07) is 3.05. The molecule has 9 heteroatoms. The van der Waals surface area contributed by atoms with Crippen molar-refractivity contribution in [3.05, 3.63) is 47.0 Å². The molecule has 0 radical (unpaired) electrons. The van der Waals surface area contributed by atoms with Gasteiger partial charge in [-0.15, -0.1) is 0 Å². The van der Waals surface area contributed by atoms with Crippen LogP contribution in [0.4, 0.5) is 24.8 Å². The van der Waals surface area contributed by atoms with E-state index in [1.807, 2.05) is 0 Å². The third-order valence-electron chi connectivity index (χ3n) is 3.18. The van der Waals surface area contributed by atoms with Crippen LogP contribution in [-0.2, 0) is 4.74 Å². The summed E-state index contributed by atoms with van der Waals surface area (Å²) in [6.45, 7) is 2.76. The smallest absolute Gasteiger partial charge is 0.274 e. The fourth-order valence-electron chi connectivity index (χ4n) is 1.99. The van der Waals surface area contributed by atoms with Gasteiger partial charge in [-0.25, -0.2) is 23.1 Å². The first-order chi connectivity index (χ1) is 11.9. The van der Waals surface area contributed by atoms with Crippen molar-refractivity contribution in [2.45, 2.75) is 13.3 Å². The Balaban J connectivity index is 2.13. The molecule has 6 nitrogen and oxygen atoms in total. The van der Waals surface area contributed by atoms with Crippen molar-refractivity contribution in [3.63, 3.8) is 0 Å². The fraction of sp³-hybridized carbons (Fsp3) is 0.312. The van der Waals surface area contributed by atoms with E-state index in [0.29, 0.717) is 18.8 Å². The molecular formula is C16H17F3N4O2. The highest BCUT2D eigenvalue weighted by Crippen LogP contribution is 2.20. The zero-order valence-electron chi connectivity index (χ0n) is 13.7. The number of amides is 1.